The highest BCUT2D eigenvalue weighted by molar-refractivity contribution is 7.98. The summed E-state index contributed by atoms with van der Waals surface area (Å²) in [5, 5.41) is 21.6. The Morgan fingerprint density at radius 2 is 1.81 bits per heavy atom. The number of nitrogens with zero attached hydrogens (tertiary/aromatic N) is 4. The van der Waals surface area contributed by atoms with E-state index in [2.05, 4.69) is 15.5 Å². The van der Waals surface area contributed by atoms with Gasteiger partial charge < -0.3 is 11.2 Å². The summed E-state index contributed by atoms with van der Waals surface area (Å²) in [6, 6.07) is 15.3. The highest BCUT2D eigenvalue weighted by Gasteiger charge is 2.12. The van der Waals surface area contributed by atoms with Crippen molar-refractivity contribution in [2.24, 2.45) is 0 Å². The summed E-state index contributed by atoms with van der Waals surface area (Å²) in [6.45, 7) is 0. The normalized spacial score (nSPS) is 10.5. The zero-order chi connectivity index (χ0) is 18.5. The number of nitrogens with two attached hydrogens (primary N) is 1. The van der Waals surface area contributed by atoms with Gasteiger partial charge in [-0.15, -0.1) is 10.2 Å². The number of non-ortho nitro benzene ring substituents is 1. The molecule has 0 amide bonds. The lowest BCUT2D eigenvalue weighted by Crippen LogP contribution is -2.32. The second kappa shape index (κ2) is 7.66. The summed E-state index contributed by atoms with van der Waals surface area (Å²) in [4.78, 5) is 22.5. The van der Waals surface area contributed by atoms with Gasteiger partial charge in [0.2, 0.25) is 11.0 Å². The van der Waals surface area contributed by atoms with Crippen molar-refractivity contribution in [2.75, 3.05) is 11.2 Å². The van der Waals surface area contributed by atoms with Crippen LogP contribution in [-0.2, 0) is 5.75 Å². The van der Waals surface area contributed by atoms with E-state index in [0.717, 1.165) is 10.2 Å². The third kappa shape index (κ3) is 3.98. The Kier molecular flexibility index (Phi) is 5.13. The van der Waals surface area contributed by atoms with Gasteiger partial charge >= 0.3 is 5.56 Å². The Labute approximate surface area is 152 Å². The Hall–Kier alpha value is -3.40. The van der Waals surface area contributed by atoms with E-state index in [9.17, 15) is 14.9 Å². The van der Waals surface area contributed by atoms with Crippen LogP contribution in [-0.4, -0.2) is 19.8 Å². The molecule has 0 aliphatic carbocycles. The second-order valence-electron chi connectivity index (χ2n) is 5.21. The smallest absolute Gasteiger partial charge is 0.315 e. The fraction of sp³-hybridized carbons (Fsp3) is 0.0625. The van der Waals surface area contributed by atoms with E-state index in [1.807, 2.05) is 30.3 Å². The van der Waals surface area contributed by atoms with E-state index < -0.39 is 10.5 Å². The van der Waals surface area contributed by atoms with Gasteiger partial charge in [-0.2, -0.15) is 4.68 Å². The first kappa shape index (κ1) is 17.4. The minimum Gasteiger partial charge on any atom is -0.334 e. The topological polar surface area (TPSA) is 129 Å². The van der Waals surface area contributed by atoms with Crippen LogP contribution >= 0.6 is 11.8 Å². The molecule has 0 bridgehead atoms. The molecule has 1 aromatic heterocycles. The average Bonchev–Trinajstić information content (AvgIpc) is 2.66. The number of rotatable bonds is 6. The summed E-state index contributed by atoms with van der Waals surface area (Å²) in [6.07, 6.45) is 0. The number of nitrogens with one attached hydrogen (secondary N) is 1. The molecule has 10 heteroatoms. The minimum absolute atomic E-state index is 0.0504. The summed E-state index contributed by atoms with van der Waals surface area (Å²) >= 11 is 1.30. The molecule has 0 radical (unpaired) electrons. The summed E-state index contributed by atoms with van der Waals surface area (Å²) < 4.78 is 0.925. The van der Waals surface area contributed by atoms with Gasteiger partial charge in [0.15, 0.2) is 0 Å². The number of hydrogen-bond acceptors (Lipinski definition) is 8. The number of nitro groups is 1. The van der Waals surface area contributed by atoms with Crippen molar-refractivity contribution in [3.8, 4) is 0 Å². The third-order valence-electron chi connectivity index (χ3n) is 3.41. The number of hydrogen-bond donors (Lipinski definition) is 2. The molecular formula is C16H14N6O3S. The molecule has 0 aliphatic rings. The number of thioether (sulfide) groups is 1. The van der Waals surface area contributed by atoms with E-state index in [4.69, 9.17) is 5.84 Å². The van der Waals surface area contributed by atoms with Gasteiger partial charge in [0.05, 0.1) is 4.92 Å². The molecule has 0 atom stereocenters. The zero-order valence-corrected chi connectivity index (χ0v) is 14.2. The van der Waals surface area contributed by atoms with Crippen molar-refractivity contribution < 1.29 is 4.92 Å². The summed E-state index contributed by atoms with van der Waals surface area (Å²) in [7, 11) is 0. The fourth-order valence-electron chi connectivity index (χ4n) is 2.09. The van der Waals surface area contributed by atoms with Gasteiger partial charge in [0, 0.05) is 23.6 Å². The number of benzene rings is 2. The maximum Gasteiger partial charge on any atom is 0.315 e. The van der Waals surface area contributed by atoms with Crippen LogP contribution in [0, 0.1) is 10.1 Å². The molecule has 0 saturated carbocycles. The molecule has 0 saturated heterocycles. The van der Waals surface area contributed by atoms with Gasteiger partial charge in [-0.05, 0) is 17.7 Å². The highest BCUT2D eigenvalue weighted by Crippen LogP contribution is 2.20. The van der Waals surface area contributed by atoms with Crippen molar-refractivity contribution in [1.82, 2.24) is 14.9 Å². The number of nitrogen functional groups attached to an aromatic ring is 1. The molecule has 0 aliphatic heterocycles. The Balaban J connectivity index is 1.74. The molecule has 0 spiro atoms. The Morgan fingerprint density at radius 3 is 2.46 bits per heavy atom. The molecule has 3 rings (SSSR count). The molecule has 132 valence electrons. The molecule has 2 aromatic carbocycles. The van der Waals surface area contributed by atoms with Crippen LogP contribution in [0.5, 0.6) is 0 Å². The van der Waals surface area contributed by atoms with Gasteiger partial charge in [-0.3, -0.25) is 14.9 Å². The van der Waals surface area contributed by atoms with Crippen LogP contribution in [0.1, 0.15) is 5.56 Å². The zero-order valence-electron chi connectivity index (χ0n) is 13.4. The lowest BCUT2D eigenvalue weighted by molar-refractivity contribution is -0.384. The van der Waals surface area contributed by atoms with E-state index in [1.165, 1.54) is 36.0 Å². The van der Waals surface area contributed by atoms with Crippen molar-refractivity contribution >= 4 is 29.0 Å². The molecule has 0 unspecified atom stereocenters. The second-order valence-corrected chi connectivity index (χ2v) is 6.15. The van der Waals surface area contributed by atoms with Crippen LogP contribution in [0.3, 0.4) is 0 Å². The SMILES string of the molecule is Nn1c(SCc2ccccc2)nnc(Nc2ccc([N+](=O)[O-])cc2)c1=O. The molecule has 0 fully saturated rings. The molecule has 3 aromatic rings. The lowest BCUT2D eigenvalue weighted by atomic mass is 10.2. The quantitative estimate of drug-likeness (QED) is 0.293. The van der Waals surface area contributed by atoms with E-state index >= 15 is 0 Å². The van der Waals surface area contributed by atoms with Crippen LogP contribution < -0.4 is 16.7 Å². The van der Waals surface area contributed by atoms with Crippen LogP contribution in [0.15, 0.2) is 64.5 Å². The predicted molar refractivity (Wildman–Crippen MR) is 98.8 cm³/mol. The molecule has 3 N–H and O–H groups in total. The first-order valence-electron chi connectivity index (χ1n) is 7.47. The van der Waals surface area contributed by atoms with Gasteiger partial charge in [0.25, 0.3) is 5.69 Å². The minimum atomic E-state index is -0.547. The lowest BCUT2D eigenvalue weighted by Gasteiger charge is -2.09. The molecule has 26 heavy (non-hydrogen) atoms. The van der Waals surface area contributed by atoms with E-state index in [1.54, 1.807) is 0 Å². The van der Waals surface area contributed by atoms with E-state index in [0.29, 0.717) is 11.4 Å². The molecule has 1 heterocycles. The van der Waals surface area contributed by atoms with Gasteiger partial charge in [-0.1, -0.05) is 42.1 Å². The standard InChI is InChI=1S/C16H14N6O3S/c17-21-15(23)14(18-12-6-8-13(9-7-12)22(24)25)19-20-16(21)26-10-11-4-2-1-3-5-11/h1-9H,10,17H2,(H,18,19). The number of anilines is 2. The average molecular weight is 370 g/mol. The van der Waals surface area contributed by atoms with Crippen molar-refractivity contribution in [2.45, 2.75) is 10.9 Å². The van der Waals surface area contributed by atoms with E-state index in [-0.39, 0.29) is 16.7 Å². The van der Waals surface area contributed by atoms with Crippen LogP contribution in [0.4, 0.5) is 17.2 Å². The monoisotopic (exact) mass is 370 g/mol. The summed E-state index contributed by atoms with van der Waals surface area (Å²) in [5.74, 6) is 6.35. The predicted octanol–water partition coefficient (Wildman–Crippen LogP) is 2.30. The van der Waals surface area contributed by atoms with Crippen molar-refractivity contribution in [3.63, 3.8) is 0 Å². The largest absolute Gasteiger partial charge is 0.334 e. The molecular weight excluding hydrogens is 356 g/mol. The number of nitro benzene ring substituents is 1. The fourth-order valence-corrected chi connectivity index (χ4v) is 2.90. The molecule has 9 nitrogen and oxygen atoms in total. The third-order valence-corrected chi connectivity index (χ3v) is 4.43. The summed E-state index contributed by atoms with van der Waals surface area (Å²) in [5.41, 5.74) is 0.936. The van der Waals surface area contributed by atoms with Gasteiger partial charge in [0.1, 0.15) is 0 Å². The van der Waals surface area contributed by atoms with Crippen LogP contribution in [0.25, 0.3) is 0 Å². The van der Waals surface area contributed by atoms with Crippen LogP contribution in [0.2, 0.25) is 0 Å². The Morgan fingerprint density at radius 1 is 1.12 bits per heavy atom. The van der Waals surface area contributed by atoms with Crippen molar-refractivity contribution in [1.29, 1.82) is 0 Å². The number of aromatic nitrogens is 3. The maximum absolute atomic E-state index is 12.3. The van der Waals surface area contributed by atoms with Crippen molar-refractivity contribution in [3.05, 3.63) is 80.6 Å². The first-order valence-corrected chi connectivity index (χ1v) is 8.46. The highest BCUT2D eigenvalue weighted by atomic mass is 32.2. The Bertz CT molecular complexity index is 976. The van der Waals surface area contributed by atoms with Gasteiger partial charge in [-0.25, -0.2) is 0 Å². The maximum atomic E-state index is 12.3. The first-order chi connectivity index (χ1) is 12.5.